The molecule has 23 heavy (non-hydrogen) atoms. The summed E-state index contributed by atoms with van der Waals surface area (Å²) >= 11 is 1.70. The Hall–Kier alpha value is -2.04. The largest absolute Gasteiger partial charge is 0.390 e. The molecule has 118 valence electrons. The molecule has 2 aromatic carbocycles. The molecule has 1 aromatic heterocycles. The fourth-order valence-corrected chi connectivity index (χ4v) is 3.32. The average Bonchev–Trinajstić information content (AvgIpc) is 2.98. The van der Waals surface area contributed by atoms with Gasteiger partial charge in [0.05, 0.1) is 12.3 Å². The van der Waals surface area contributed by atoms with Crippen LogP contribution in [0.1, 0.15) is 22.4 Å². The number of imidazole rings is 1. The van der Waals surface area contributed by atoms with Crippen LogP contribution in [0, 0.1) is 6.92 Å². The van der Waals surface area contributed by atoms with Gasteiger partial charge in [-0.2, -0.15) is 0 Å². The van der Waals surface area contributed by atoms with Gasteiger partial charge >= 0.3 is 0 Å². The van der Waals surface area contributed by atoms with Crippen LogP contribution < -0.4 is 0 Å². The van der Waals surface area contributed by atoms with E-state index in [9.17, 15) is 5.11 Å². The van der Waals surface area contributed by atoms with Crippen molar-refractivity contribution in [2.24, 2.45) is 0 Å². The van der Waals surface area contributed by atoms with E-state index >= 15 is 0 Å². The van der Waals surface area contributed by atoms with Crippen LogP contribution in [-0.2, 0) is 18.9 Å². The van der Waals surface area contributed by atoms with E-state index in [0.717, 1.165) is 17.5 Å². The van der Waals surface area contributed by atoms with Crippen molar-refractivity contribution in [3.63, 3.8) is 0 Å². The summed E-state index contributed by atoms with van der Waals surface area (Å²) in [5, 5.41) is 10.3. The zero-order valence-corrected chi connectivity index (χ0v) is 14.0. The Morgan fingerprint density at radius 1 is 1.00 bits per heavy atom. The van der Waals surface area contributed by atoms with E-state index in [4.69, 9.17) is 0 Å². The molecule has 3 nitrogen and oxygen atoms in total. The van der Waals surface area contributed by atoms with Crippen molar-refractivity contribution in [3.05, 3.63) is 83.2 Å². The van der Waals surface area contributed by atoms with Crippen LogP contribution in [0.3, 0.4) is 0 Å². The van der Waals surface area contributed by atoms with Crippen molar-refractivity contribution in [1.29, 1.82) is 0 Å². The van der Waals surface area contributed by atoms with Crippen molar-refractivity contribution in [1.82, 2.24) is 9.55 Å². The predicted molar refractivity (Wildman–Crippen MR) is 94.4 cm³/mol. The first kappa shape index (κ1) is 15.8. The average molecular weight is 324 g/mol. The van der Waals surface area contributed by atoms with E-state index in [1.807, 2.05) is 24.4 Å². The summed E-state index contributed by atoms with van der Waals surface area (Å²) in [6.45, 7) is 2.83. The smallest absolute Gasteiger partial charge is 0.168 e. The van der Waals surface area contributed by atoms with Crippen LogP contribution >= 0.6 is 11.8 Å². The summed E-state index contributed by atoms with van der Waals surface area (Å²) in [7, 11) is 0. The van der Waals surface area contributed by atoms with Crippen LogP contribution in [0.25, 0.3) is 0 Å². The maximum absolute atomic E-state index is 9.38. The van der Waals surface area contributed by atoms with Crippen LogP contribution in [0.5, 0.6) is 0 Å². The van der Waals surface area contributed by atoms with Crippen molar-refractivity contribution >= 4 is 11.8 Å². The standard InChI is InChI=1S/C19H20N2OS/c1-15-7-9-16(10-8-15)11-21-12-18(13-22)20-19(21)23-14-17-5-3-2-4-6-17/h2-10,12,22H,11,13-14H2,1H3. The quantitative estimate of drug-likeness (QED) is 0.696. The van der Waals surface area contributed by atoms with Gasteiger partial charge in [-0.15, -0.1) is 0 Å². The lowest BCUT2D eigenvalue weighted by Crippen LogP contribution is -2.00. The molecule has 0 saturated heterocycles. The molecule has 0 amide bonds. The third kappa shape index (κ3) is 4.24. The molecule has 0 saturated carbocycles. The molecule has 1 N–H and O–H groups in total. The van der Waals surface area contributed by atoms with Gasteiger partial charge in [0.15, 0.2) is 5.16 Å². The maximum Gasteiger partial charge on any atom is 0.168 e. The van der Waals surface area contributed by atoms with E-state index in [0.29, 0.717) is 5.69 Å². The number of benzene rings is 2. The van der Waals surface area contributed by atoms with Gasteiger partial charge in [-0.1, -0.05) is 71.9 Å². The first-order chi connectivity index (χ1) is 11.2. The highest BCUT2D eigenvalue weighted by atomic mass is 32.2. The molecule has 3 aromatic rings. The number of nitrogens with zero attached hydrogens (tertiary/aromatic N) is 2. The van der Waals surface area contributed by atoms with Crippen LogP contribution in [0.4, 0.5) is 0 Å². The number of hydrogen-bond acceptors (Lipinski definition) is 3. The third-order valence-corrected chi connectivity index (χ3v) is 4.70. The minimum absolute atomic E-state index is 0.0280. The fraction of sp³-hybridized carbons (Fsp3) is 0.211. The summed E-state index contributed by atoms with van der Waals surface area (Å²) < 4.78 is 2.11. The monoisotopic (exact) mass is 324 g/mol. The molecule has 0 spiro atoms. The van der Waals surface area contributed by atoms with Gasteiger partial charge in [0.1, 0.15) is 0 Å². The SMILES string of the molecule is Cc1ccc(Cn2cc(CO)nc2SCc2ccccc2)cc1. The molecule has 1 heterocycles. The van der Waals surface area contributed by atoms with Crippen molar-refractivity contribution in [2.45, 2.75) is 31.0 Å². The summed E-state index contributed by atoms with van der Waals surface area (Å²) in [6, 6.07) is 18.9. The summed E-state index contributed by atoms with van der Waals surface area (Å²) in [4.78, 5) is 4.53. The normalized spacial score (nSPS) is 10.9. The summed E-state index contributed by atoms with van der Waals surface area (Å²) in [5.41, 5.74) is 4.48. The Balaban J connectivity index is 1.76. The second kappa shape index (κ2) is 7.49. The molecule has 0 aliphatic rings. The van der Waals surface area contributed by atoms with Gasteiger partial charge in [0, 0.05) is 18.5 Å². The highest BCUT2D eigenvalue weighted by Gasteiger charge is 2.09. The summed E-state index contributed by atoms with van der Waals surface area (Å²) in [5.74, 6) is 0.872. The first-order valence-electron chi connectivity index (χ1n) is 7.64. The molecular weight excluding hydrogens is 304 g/mol. The highest BCUT2D eigenvalue weighted by Crippen LogP contribution is 2.23. The van der Waals surface area contributed by atoms with Gasteiger partial charge in [0.25, 0.3) is 0 Å². The Bertz CT molecular complexity index is 751. The predicted octanol–water partition coefficient (Wildman–Crippen LogP) is 4.02. The Morgan fingerprint density at radius 3 is 2.43 bits per heavy atom. The lowest BCUT2D eigenvalue weighted by molar-refractivity contribution is 0.277. The van der Waals surface area contributed by atoms with E-state index in [-0.39, 0.29) is 6.61 Å². The third-order valence-electron chi connectivity index (χ3n) is 3.64. The molecule has 4 heteroatoms. The zero-order valence-electron chi connectivity index (χ0n) is 13.1. The molecule has 3 rings (SSSR count). The maximum atomic E-state index is 9.38. The van der Waals surface area contributed by atoms with Crippen LogP contribution in [0.15, 0.2) is 66.0 Å². The van der Waals surface area contributed by atoms with E-state index in [1.54, 1.807) is 11.8 Å². The lowest BCUT2D eigenvalue weighted by Gasteiger charge is -2.08. The van der Waals surface area contributed by atoms with Crippen LogP contribution in [-0.4, -0.2) is 14.7 Å². The molecule has 0 radical (unpaired) electrons. The Labute approximate surface area is 141 Å². The highest BCUT2D eigenvalue weighted by molar-refractivity contribution is 7.98. The van der Waals surface area contributed by atoms with Gasteiger partial charge in [-0.05, 0) is 18.1 Å². The zero-order chi connectivity index (χ0) is 16.1. The molecule has 0 fully saturated rings. The van der Waals surface area contributed by atoms with Crippen molar-refractivity contribution in [3.8, 4) is 0 Å². The number of thioether (sulfide) groups is 1. The van der Waals surface area contributed by atoms with E-state index in [1.165, 1.54) is 16.7 Å². The first-order valence-corrected chi connectivity index (χ1v) is 8.62. The number of rotatable bonds is 6. The minimum Gasteiger partial charge on any atom is -0.390 e. The number of aliphatic hydroxyl groups excluding tert-OH is 1. The van der Waals surface area contributed by atoms with E-state index < -0.39 is 0 Å². The fourth-order valence-electron chi connectivity index (χ4n) is 2.37. The van der Waals surface area contributed by atoms with Crippen LogP contribution in [0.2, 0.25) is 0 Å². The van der Waals surface area contributed by atoms with E-state index in [2.05, 4.69) is 52.9 Å². The summed E-state index contributed by atoms with van der Waals surface area (Å²) in [6.07, 6.45) is 1.94. The number of aliphatic hydroxyl groups is 1. The molecule has 0 aliphatic carbocycles. The Morgan fingerprint density at radius 2 is 1.74 bits per heavy atom. The topological polar surface area (TPSA) is 38.0 Å². The second-order valence-electron chi connectivity index (χ2n) is 5.56. The number of aryl methyl sites for hydroxylation is 1. The van der Waals surface area contributed by atoms with Crippen molar-refractivity contribution in [2.75, 3.05) is 0 Å². The van der Waals surface area contributed by atoms with Crippen molar-refractivity contribution < 1.29 is 5.11 Å². The van der Waals surface area contributed by atoms with Gasteiger partial charge in [0.2, 0.25) is 0 Å². The Kier molecular flexibility index (Phi) is 5.16. The van der Waals surface area contributed by atoms with Gasteiger partial charge < -0.3 is 9.67 Å². The number of aromatic nitrogens is 2. The molecule has 0 bridgehead atoms. The molecular formula is C19H20N2OS. The van der Waals surface area contributed by atoms with Gasteiger partial charge in [-0.3, -0.25) is 0 Å². The molecule has 0 atom stereocenters. The minimum atomic E-state index is -0.0280. The molecule has 0 unspecified atom stereocenters. The van der Waals surface area contributed by atoms with Gasteiger partial charge in [-0.25, -0.2) is 4.98 Å². The molecule has 0 aliphatic heterocycles. The lowest BCUT2D eigenvalue weighted by atomic mass is 10.1. The second-order valence-corrected chi connectivity index (χ2v) is 6.50. The number of hydrogen-bond donors (Lipinski definition) is 1.